The van der Waals surface area contributed by atoms with Crippen LogP contribution in [0.1, 0.15) is 69.4 Å². The van der Waals surface area contributed by atoms with Crippen LogP contribution in [-0.4, -0.2) is 92.3 Å². The fourth-order valence-electron chi connectivity index (χ4n) is 5.78. The highest BCUT2D eigenvalue weighted by molar-refractivity contribution is 5.82. The Bertz CT molecular complexity index is 1450. The van der Waals surface area contributed by atoms with Crippen molar-refractivity contribution in [3.05, 3.63) is 45.9 Å². The lowest BCUT2D eigenvalue weighted by molar-refractivity contribution is -0.139. The van der Waals surface area contributed by atoms with E-state index in [1.807, 2.05) is 24.3 Å². The minimum absolute atomic E-state index is 0.00987. The molecule has 1 aromatic carbocycles. The molecule has 0 unspecified atom stereocenters. The predicted octanol–water partition coefficient (Wildman–Crippen LogP) is 2.64. The average molecular weight is 626 g/mol. The zero-order valence-electron chi connectivity index (χ0n) is 26.5. The Labute approximate surface area is 263 Å². The molecule has 1 aliphatic carbocycles. The van der Waals surface area contributed by atoms with Gasteiger partial charge in [0.05, 0.1) is 33.3 Å². The Morgan fingerprint density at radius 1 is 1.09 bits per heavy atom. The summed E-state index contributed by atoms with van der Waals surface area (Å²) in [5, 5.41) is 9.76. The number of H-pyrrole nitrogens is 1. The number of aliphatic hydroxyl groups excluding tert-OH is 1. The van der Waals surface area contributed by atoms with Crippen molar-refractivity contribution in [2.75, 3.05) is 45.7 Å². The van der Waals surface area contributed by atoms with Crippen molar-refractivity contribution in [1.29, 1.82) is 0 Å². The maximum absolute atomic E-state index is 13.8. The molecule has 1 fully saturated rings. The number of aryl methyl sites for hydroxylation is 1. The lowest BCUT2D eigenvalue weighted by atomic mass is 9.94. The summed E-state index contributed by atoms with van der Waals surface area (Å²) in [6.07, 6.45) is 7.96. The number of hydrogen-bond acceptors (Lipinski definition) is 10. The number of ether oxygens (including phenoxy) is 2. The summed E-state index contributed by atoms with van der Waals surface area (Å²) >= 11 is 0. The number of nitrogen functional groups attached to an aromatic ring is 1. The van der Waals surface area contributed by atoms with E-state index in [1.165, 1.54) is 18.1 Å². The number of aromatic amines is 1. The van der Waals surface area contributed by atoms with Gasteiger partial charge in [-0.1, -0.05) is 56.9 Å². The first-order valence-corrected chi connectivity index (χ1v) is 16.0. The van der Waals surface area contributed by atoms with Crippen LogP contribution in [0, 0.1) is 0 Å². The van der Waals surface area contributed by atoms with Crippen molar-refractivity contribution in [2.45, 2.75) is 83.8 Å². The second-order valence-corrected chi connectivity index (χ2v) is 11.6. The van der Waals surface area contributed by atoms with E-state index in [0.29, 0.717) is 50.4 Å². The summed E-state index contributed by atoms with van der Waals surface area (Å²) in [6.45, 7) is 4.20. The quantitative estimate of drug-likeness (QED) is 0.150. The minimum atomic E-state index is -0.359. The number of methoxy groups -OCH3 is 1. The van der Waals surface area contributed by atoms with E-state index in [4.69, 9.17) is 15.2 Å². The highest BCUT2D eigenvalue weighted by atomic mass is 16.5. The summed E-state index contributed by atoms with van der Waals surface area (Å²) in [6, 6.07) is 7.96. The first-order valence-electron chi connectivity index (χ1n) is 16.0. The topological polar surface area (TPSA) is 169 Å². The summed E-state index contributed by atoms with van der Waals surface area (Å²) in [4.78, 5) is 53.7. The number of carbonyl (C=O) groups is 2. The summed E-state index contributed by atoms with van der Waals surface area (Å²) in [5.74, 6) is -0.218. The number of amides is 1. The number of rotatable bonds is 17. The number of hydrogen-bond donors (Lipinski definition) is 3. The molecule has 0 bridgehead atoms. The molecular weight excluding hydrogens is 578 g/mol. The number of nitrogens with zero attached hydrogens (tertiary/aromatic N) is 5. The molecule has 0 spiro atoms. The summed E-state index contributed by atoms with van der Waals surface area (Å²) in [7, 11) is 1.36. The Kier molecular flexibility index (Phi) is 12.8. The smallest absolute Gasteiger partial charge is 0.327 e. The lowest BCUT2D eigenvalue weighted by Gasteiger charge is -2.35. The van der Waals surface area contributed by atoms with Gasteiger partial charge >= 0.3 is 17.7 Å². The molecule has 0 aliphatic heterocycles. The monoisotopic (exact) mass is 625 g/mol. The third-order valence-electron chi connectivity index (χ3n) is 8.31. The largest absolute Gasteiger partial charge is 0.469 e. The van der Waals surface area contributed by atoms with E-state index in [-0.39, 0.29) is 55.0 Å². The predicted molar refractivity (Wildman–Crippen MR) is 171 cm³/mol. The van der Waals surface area contributed by atoms with Crippen LogP contribution in [0.15, 0.2) is 29.1 Å². The standard InChI is InChI=1S/C32H47N7O6/c1-3-4-19-45-31-35-29(33)28-30(36-31)39(32(43)34-28)16-8-15-38(21-24-13-11-23(12-14-24)20-27(42)44-2)26(41)22-37(17-18-40)25-9-6-5-7-10-25/h11-14,25,40H,3-10,15-22H2,1-2H3,(H,34,43)(H2,33,35,36). The van der Waals surface area contributed by atoms with Gasteiger partial charge in [-0.3, -0.25) is 19.1 Å². The molecule has 2 heterocycles. The second kappa shape index (κ2) is 16.9. The highest BCUT2D eigenvalue weighted by Gasteiger charge is 2.25. The molecule has 4 rings (SSSR count). The van der Waals surface area contributed by atoms with Crippen LogP contribution in [0.4, 0.5) is 5.82 Å². The number of nitrogens with one attached hydrogen (secondary N) is 1. The fraction of sp³-hybridized carbons (Fsp3) is 0.594. The first-order chi connectivity index (χ1) is 21.8. The normalized spacial score (nSPS) is 13.8. The molecule has 1 amide bonds. The van der Waals surface area contributed by atoms with Gasteiger partial charge in [0.2, 0.25) is 5.91 Å². The molecule has 1 aliphatic rings. The van der Waals surface area contributed by atoms with Crippen LogP contribution >= 0.6 is 0 Å². The SMILES string of the molecule is CCCCOc1nc(N)c2[nH]c(=O)n(CCCN(Cc3ccc(CC(=O)OC)cc3)C(=O)CN(CCO)C3CCCCC3)c2n1. The minimum Gasteiger partial charge on any atom is -0.469 e. The maximum atomic E-state index is 13.8. The van der Waals surface area contributed by atoms with Gasteiger partial charge in [0, 0.05) is 32.2 Å². The fourth-order valence-corrected chi connectivity index (χ4v) is 5.78. The molecule has 0 atom stereocenters. The Hall–Kier alpha value is -3.97. The number of nitrogens with two attached hydrogens (primary N) is 1. The van der Waals surface area contributed by atoms with Gasteiger partial charge in [0.15, 0.2) is 11.5 Å². The third kappa shape index (κ3) is 9.51. The zero-order valence-corrected chi connectivity index (χ0v) is 26.5. The molecule has 4 N–H and O–H groups in total. The Morgan fingerprint density at radius 2 is 1.82 bits per heavy atom. The van der Waals surface area contributed by atoms with E-state index in [0.717, 1.165) is 49.7 Å². The molecule has 0 saturated heterocycles. The van der Waals surface area contributed by atoms with Crippen LogP contribution in [-0.2, 0) is 33.8 Å². The van der Waals surface area contributed by atoms with E-state index in [9.17, 15) is 19.5 Å². The molecule has 13 heteroatoms. The van der Waals surface area contributed by atoms with Gasteiger partial charge in [-0.2, -0.15) is 9.97 Å². The molecule has 13 nitrogen and oxygen atoms in total. The second-order valence-electron chi connectivity index (χ2n) is 11.6. The first kappa shape index (κ1) is 33.9. The highest BCUT2D eigenvalue weighted by Crippen LogP contribution is 2.23. The van der Waals surface area contributed by atoms with Crippen molar-refractivity contribution >= 4 is 28.9 Å². The Balaban J connectivity index is 1.50. The summed E-state index contributed by atoms with van der Waals surface area (Å²) in [5.41, 5.74) is 8.22. The molecule has 246 valence electrons. The zero-order chi connectivity index (χ0) is 32.2. The van der Waals surface area contributed by atoms with Crippen LogP contribution in [0.2, 0.25) is 0 Å². The van der Waals surface area contributed by atoms with Gasteiger partial charge in [0.25, 0.3) is 0 Å². The number of aromatic nitrogens is 4. The number of carbonyl (C=O) groups excluding carboxylic acids is 2. The number of fused-ring (bicyclic) bond motifs is 1. The van der Waals surface area contributed by atoms with Crippen LogP contribution < -0.4 is 16.2 Å². The third-order valence-corrected chi connectivity index (χ3v) is 8.31. The average Bonchev–Trinajstić information content (AvgIpc) is 3.36. The number of unbranched alkanes of at least 4 members (excludes halogenated alkanes) is 1. The van der Waals surface area contributed by atoms with E-state index in [2.05, 4.69) is 26.8 Å². The maximum Gasteiger partial charge on any atom is 0.327 e. The van der Waals surface area contributed by atoms with Crippen molar-refractivity contribution in [3.63, 3.8) is 0 Å². The molecule has 1 saturated carbocycles. The van der Waals surface area contributed by atoms with Crippen LogP contribution in [0.25, 0.3) is 11.2 Å². The van der Waals surface area contributed by atoms with Gasteiger partial charge in [-0.15, -0.1) is 0 Å². The van der Waals surface area contributed by atoms with Gasteiger partial charge in [-0.25, -0.2) is 4.79 Å². The van der Waals surface area contributed by atoms with Gasteiger partial charge in [-0.05, 0) is 36.8 Å². The lowest BCUT2D eigenvalue weighted by Crippen LogP contribution is -2.46. The van der Waals surface area contributed by atoms with Crippen molar-refractivity contribution in [1.82, 2.24) is 29.3 Å². The van der Waals surface area contributed by atoms with Crippen molar-refractivity contribution in [2.24, 2.45) is 0 Å². The van der Waals surface area contributed by atoms with Crippen molar-refractivity contribution in [3.8, 4) is 6.01 Å². The molecule has 3 aromatic rings. The van der Waals surface area contributed by atoms with Crippen molar-refractivity contribution < 1.29 is 24.2 Å². The van der Waals surface area contributed by atoms with Gasteiger partial charge in [0.1, 0.15) is 5.52 Å². The Morgan fingerprint density at radius 3 is 2.51 bits per heavy atom. The molecule has 2 aromatic heterocycles. The van der Waals surface area contributed by atoms with E-state index in [1.54, 1.807) is 4.90 Å². The van der Waals surface area contributed by atoms with Crippen LogP contribution in [0.3, 0.4) is 0 Å². The van der Waals surface area contributed by atoms with E-state index < -0.39 is 0 Å². The molecule has 45 heavy (non-hydrogen) atoms. The molecular formula is C32H47N7O6. The number of anilines is 1. The number of imidazole rings is 1. The number of aliphatic hydroxyl groups is 1. The summed E-state index contributed by atoms with van der Waals surface area (Å²) < 4.78 is 11.9. The van der Waals surface area contributed by atoms with E-state index >= 15 is 0 Å². The number of esters is 1. The molecule has 0 radical (unpaired) electrons. The van der Waals surface area contributed by atoms with Crippen LogP contribution in [0.5, 0.6) is 6.01 Å². The number of benzene rings is 1. The van der Waals surface area contributed by atoms with Gasteiger partial charge < -0.3 is 30.2 Å².